The van der Waals surface area contributed by atoms with Crippen LogP contribution in [0.4, 0.5) is 4.39 Å². The normalized spacial score (nSPS) is 15.2. The number of hydrogen-bond donors (Lipinski definition) is 0. The van der Waals surface area contributed by atoms with Crippen molar-refractivity contribution < 1.29 is 27.9 Å². The number of esters is 1. The number of benzene rings is 2. The number of halogens is 1. The Labute approximate surface area is 190 Å². The largest absolute Gasteiger partial charge is 0.497 e. The van der Waals surface area contributed by atoms with Gasteiger partial charge in [-0.2, -0.15) is 0 Å². The summed E-state index contributed by atoms with van der Waals surface area (Å²) < 4.78 is 29.5. The molecule has 1 fully saturated rings. The lowest BCUT2D eigenvalue weighted by Crippen LogP contribution is -2.40. The Hall–Kier alpha value is -3.75. The van der Waals surface area contributed by atoms with Gasteiger partial charge in [0.1, 0.15) is 11.6 Å². The highest BCUT2D eigenvalue weighted by molar-refractivity contribution is 5.94. The minimum absolute atomic E-state index is 0.174. The van der Waals surface area contributed by atoms with Crippen LogP contribution in [-0.2, 0) is 9.53 Å². The first kappa shape index (κ1) is 22.4. The van der Waals surface area contributed by atoms with Crippen molar-refractivity contribution in [2.24, 2.45) is 5.92 Å². The van der Waals surface area contributed by atoms with Gasteiger partial charge in [0.15, 0.2) is 6.10 Å². The first-order valence-electron chi connectivity index (χ1n) is 10.7. The maximum atomic E-state index is 13.1. The number of rotatable bonds is 6. The number of aromatic nitrogens is 2. The van der Waals surface area contributed by atoms with E-state index in [1.807, 2.05) is 0 Å². The topological polar surface area (TPSA) is 94.8 Å². The van der Waals surface area contributed by atoms with Gasteiger partial charge in [0, 0.05) is 24.2 Å². The molecular weight excluding hydrogens is 429 g/mol. The number of piperidine rings is 1. The molecule has 0 radical (unpaired) electrons. The number of nitrogens with zero attached hydrogens (tertiary/aromatic N) is 3. The van der Waals surface area contributed by atoms with Crippen molar-refractivity contribution in [3.8, 4) is 17.2 Å². The third-order valence-corrected chi connectivity index (χ3v) is 5.62. The third-order valence-electron chi connectivity index (χ3n) is 5.62. The monoisotopic (exact) mass is 453 g/mol. The second-order valence-corrected chi connectivity index (χ2v) is 7.83. The number of carbonyl (C=O) groups excluding carboxylic acids is 2. The summed E-state index contributed by atoms with van der Waals surface area (Å²) in [5, 5.41) is 8.03. The maximum Gasteiger partial charge on any atom is 0.309 e. The fraction of sp³-hybridized carbons (Fsp3) is 0.333. The molecule has 0 aliphatic carbocycles. The molecule has 1 aromatic heterocycles. The summed E-state index contributed by atoms with van der Waals surface area (Å²) in [6.45, 7) is 2.52. The van der Waals surface area contributed by atoms with Crippen molar-refractivity contribution in [3.63, 3.8) is 0 Å². The molecule has 8 nitrogen and oxygen atoms in total. The third kappa shape index (κ3) is 5.19. The summed E-state index contributed by atoms with van der Waals surface area (Å²) >= 11 is 0. The smallest absolute Gasteiger partial charge is 0.309 e. The van der Waals surface area contributed by atoms with E-state index in [0.717, 1.165) is 5.56 Å². The Morgan fingerprint density at radius 1 is 1.06 bits per heavy atom. The first-order chi connectivity index (χ1) is 15.9. The van der Waals surface area contributed by atoms with Gasteiger partial charge < -0.3 is 18.8 Å². The highest BCUT2D eigenvalue weighted by atomic mass is 19.1. The summed E-state index contributed by atoms with van der Waals surface area (Å²) in [6.07, 6.45) is 0.273. The van der Waals surface area contributed by atoms with Gasteiger partial charge in [-0.05, 0) is 68.3 Å². The van der Waals surface area contributed by atoms with Gasteiger partial charge in [-0.15, -0.1) is 10.2 Å². The zero-order valence-corrected chi connectivity index (χ0v) is 18.4. The average Bonchev–Trinajstić information content (AvgIpc) is 3.35. The lowest BCUT2D eigenvalue weighted by Gasteiger charge is -2.31. The van der Waals surface area contributed by atoms with Gasteiger partial charge in [0.2, 0.25) is 5.89 Å². The molecule has 3 aromatic rings. The Morgan fingerprint density at radius 3 is 2.36 bits per heavy atom. The molecule has 1 amide bonds. The lowest BCUT2D eigenvalue weighted by atomic mass is 9.96. The van der Waals surface area contributed by atoms with Crippen molar-refractivity contribution in [2.75, 3.05) is 20.2 Å². The molecule has 1 aliphatic rings. The van der Waals surface area contributed by atoms with Crippen LogP contribution in [0.25, 0.3) is 11.5 Å². The Bertz CT molecular complexity index is 1110. The summed E-state index contributed by atoms with van der Waals surface area (Å²) in [7, 11) is 1.59. The van der Waals surface area contributed by atoms with Crippen LogP contribution in [0.15, 0.2) is 52.9 Å². The van der Waals surface area contributed by atoms with E-state index in [9.17, 15) is 14.0 Å². The highest BCUT2D eigenvalue weighted by Gasteiger charge is 2.30. The molecular formula is C24H24FN3O5. The van der Waals surface area contributed by atoms with E-state index in [1.54, 1.807) is 43.2 Å². The molecule has 2 aromatic carbocycles. The Morgan fingerprint density at radius 2 is 1.73 bits per heavy atom. The van der Waals surface area contributed by atoms with Crippen LogP contribution < -0.4 is 4.74 Å². The summed E-state index contributed by atoms with van der Waals surface area (Å²) in [6, 6.07) is 12.6. The summed E-state index contributed by atoms with van der Waals surface area (Å²) in [5.74, 6) is -0.00617. The fourth-order valence-corrected chi connectivity index (χ4v) is 3.66. The molecule has 0 spiro atoms. The van der Waals surface area contributed by atoms with Crippen molar-refractivity contribution in [1.82, 2.24) is 15.1 Å². The van der Waals surface area contributed by atoms with Gasteiger partial charge in [-0.1, -0.05) is 0 Å². The zero-order chi connectivity index (χ0) is 23.4. The Kier molecular flexibility index (Phi) is 6.67. The van der Waals surface area contributed by atoms with E-state index in [-0.39, 0.29) is 29.5 Å². The van der Waals surface area contributed by atoms with E-state index >= 15 is 0 Å². The predicted molar refractivity (Wildman–Crippen MR) is 116 cm³/mol. The standard InChI is InChI=1S/C24H24FN3O5/c1-15(21-26-27-22(33-21)16-5-9-20(31-2)10-6-16)32-24(30)18-11-13-28(14-12-18)23(29)17-3-7-19(25)8-4-17/h3-10,15,18H,11-14H2,1-2H3/t15-/m0/s1. The molecule has 0 unspecified atom stereocenters. The van der Waals surface area contributed by atoms with Crippen molar-refractivity contribution in [3.05, 3.63) is 65.8 Å². The second kappa shape index (κ2) is 9.81. The van der Waals surface area contributed by atoms with E-state index in [1.165, 1.54) is 24.3 Å². The molecule has 0 saturated carbocycles. The zero-order valence-electron chi connectivity index (χ0n) is 18.4. The molecule has 2 heterocycles. The van der Waals surface area contributed by atoms with Crippen molar-refractivity contribution in [2.45, 2.75) is 25.9 Å². The molecule has 0 N–H and O–H groups in total. The second-order valence-electron chi connectivity index (χ2n) is 7.83. The molecule has 33 heavy (non-hydrogen) atoms. The minimum Gasteiger partial charge on any atom is -0.497 e. The average molecular weight is 453 g/mol. The number of carbonyl (C=O) groups is 2. The first-order valence-corrected chi connectivity index (χ1v) is 10.7. The number of methoxy groups -OCH3 is 1. The van der Waals surface area contributed by atoms with Gasteiger partial charge in [0.05, 0.1) is 13.0 Å². The molecule has 172 valence electrons. The highest BCUT2D eigenvalue weighted by Crippen LogP contribution is 2.27. The van der Waals surface area contributed by atoms with Gasteiger partial charge >= 0.3 is 5.97 Å². The van der Waals surface area contributed by atoms with Crippen molar-refractivity contribution >= 4 is 11.9 Å². The van der Waals surface area contributed by atoms with Crippen LogP contribution in [0.1, 0.15) is 42.1 Å². The maximum absolute atomic E-state index is 13.1. The van der Waals surface area contributed by atoms with Crippen LogP contribution in [0.5, 0.6) is 5.75 Å². The van der Waals surface area contributed by atoms with E-state index in [0.29, 0.717) is 43.1 Å². The molecule has 9 heteroatoms. The SMILES string of the molecule is COc1ccc(-c2nnc([C@H](C)OC(=O)C3CCN(C(=O)c4ccc(F)cc4)CC3)o2)cc1. The number of amides is 1. The molecule has 0 bridgehead atoms. The number of ether oxygens (including phenoxy) is 2. The van der Waals surface area contributed by atoms with E-state index < -0.39 is 6.10 Å². The fourth-order valence-electron chi connectivity index (χ4n) is 3.66. The summed E-state index contributed by atoms with van der Waals surface area (Å²) in [4.78, 5) is 26.9. The molecule has 4 rings (SSSR count). The number of hydrogen-bond acceptors (Lipinski definition) is 7. The van der Waals surface area contributed by atoms with Crippen molar-refractivity contribution in [1.29, 1.82) is 0 Å². The van der Waals surface area contributed by atoms with E-state index in [2.05, 4.69) is 10.2 Å². The molecule has 1 aliphatic heterocycles. The predicted octanol–water partition coefficient (Wildman–Crippen LogP) is 4.04. The Balaban J connectivity index is 1.30. The van der Waals surface area contributed by atoms with E-state index in [4.69, 9.17) is 13.9 Å². The molecule has 1 saturated heterocycles. The van der Waals surface area contributed by atoms with Crippen LogP contribution in [0.3, 0.4) is 0 Å². The molecule has 1 atom stereocenters. The summed E-state index contributed by atoms with van der Waals surface area (Å²) in [5.41, 5.74) is 1.15. The lowest BCUT2D eigenvalue weighted by molar-refractivity contribution is -0.156. The number of likely N-dealkylation sites (tertiary alicyclic amines) is 1. The van der Waals surface area contributed by atoms with Gasteiger partial charge in [-0.3, -0.25) is 9.59 Å². The quantitative estimate of drug-likeness (QED) is 0.520. The minimum atomic E-state index is -0.698. The van der Waals surface area contributed by atoms with Crippen LogP contribution in [0.2, 0.25) is 0 Å². The van der Waals surface area contributed by atoms with Crippen LogP contribution in [-0.4, -0.2) is 47.2 Å². The van der Waals surface area contributed by atoms with Crippen LogP contribution in [0, 0.1) is 11.7 Å². The van der Waals surface area contributed by atoms with Gasteiger partial charge in [-0.25, -0.2) is 4.39 Å². The van der Waals surface area contributed by atoms with Gasteiger partial charge in [0.25, 0.3) is 11.8 Å². The van der Waals surface area contributed by atoms with Crippen LogP contribution >= 0.6 is 0 Å².